The summed E-state index contributed by atoms with van der Waals surface area (Å²) in [4.78, 5) is 5.99. The maximum atomic E-state index is 6.10. The molecule has 3 nitrogen and oxygen atoms in total. The molecule has 0 radical (unpaired) electrons. The molecule has 2 aromatic rings. The molecular formula is C13H14ClN3. The molecule has 0 spiro atoms. The smallest absolute Gasteiger partial charge is 0.0826 e. The second kappa shape index (κ2) is 5.17. The minimum atomic E-state index is 0.556. The zero-order valence-electron chi connectivity index (χ0n) is 9.60. The van der Waals surface area contributed by atoms with Crippen LogP contribution in [0.15, 0.2) is 42.7 Å². The number of halogens is 1. The molecule has 1 aromatic heterocycles. The molecule has 4 heteroatoms. The van der Waals surface area contributed by atoms with Gasteiger partial charge in [0.25, 0.3) is 0 Å². The Labute approximate surface area is 106 Å². The Balaban J connectivity index is 2.30. The molecule has 0 saturated carbocycles. The van der Waals surface area contributed by atoms with E-state index < -0.39 is 0 Å². The molecule has 88 valence electrons. The summed E-state index contributed by atoms with van der Waals surface area (Å²) in [6.07, 6.45) is 3.37. The Morgan fingerprint density at radius 2 is 1.94 bits per heavy atom. The lowest BCUT2D eigenvalue weighted by atomic mass is 10.2. The maximum Gasteiger partial charge on any atom is 0.0826 e. The number of rotatable bonds is 3. The first-order chi connectivity index (χ1) is 8.22. The molecule has 17 heavy (non-hydrogen) atoms. The second-order valence-electron chi connectivity index (χ2n) is 3.76. The number of hydrogen-bond acceptors (Lipinski definition) is 3. The van der Waals surface area contributed by atoms with Crippen LogP contribution in [0.2, 0.25) is 5.02 Å². The molecule has 1 aromatic carbocycles. The fraction of sp³-hybridized carbons (Fsp3) is 0.154. The van der Waals surface area contributed by atoms with Crippen LogP contribution in [0.1, 0.15) is 5.56 Å². The lowest BCUT2D eigenvalue weighted by molar-refractivity contribution is 1.07. The normalized spacial score (nSPS) is 10.3. The van der Waals surface area contributed by atoms with Gasteiger partial charge in [-0.1, -0.05) is 23.7 Å². The van der Waals surface area contributed by atoms with Crippen LogP contribution < -0.4 is 10.6 Å². The van der Waals surface area contributed by atoms with E-state index in [1.165, 1.54) is 0 Å². The third kappa shape index (κ3) is 2.57. The standard InChI is InChI=1S/C13H14ClN3/c1-17(13-6-7-16-9-12(13)14)11-4-2-10(8-15)3-5-11/h2-7,9H,8,15H2,1H3. The fourth-order valence-electron chi connectivity index (χ4n) is 1.63. The maximum absolute atomic E-state index is 6.10. The van der Waals surface area contributed by atoms with Crippen molar-refractivity contribution >= 4 is 23.0 Å². The van der Waals surface area contributed by atoms with E-state index in [0.29, 0.717) is 11.6 Å². The van der Waals surface area contributed by atoms with Crippen molar-refractivity contribution < 1.29 is 0 Å². The van der Waals surface area contributed by atoms with Gasteiger partial charge in [-0.2, -0.15) is 0 Å². The second-order valence-corrected chi connectivity index (χ2v) is 4.16. The summed E-state index contributed by atoms with van der Waals surface area (Å²) in [5, 5.41) is 0.637. The first kappa shape index (κ1) is 11.9. The first-order valence-corrected chi connectivity index (χ1v) is 5.72. The third-order valence-electron chi connectivity index (χ3n) is 2.67. The van der Waals surface area contributed by atoms with Crippen LogP contribution in [0.3, 0.4) is 0 Å². The van der Waals surface area contributed by atoms with Gasteiger partial charge in [-0.05, 0) is 23.8 Å². The lowest BCUT2D eigenvalue weighted by Crippen LogP contribution is -2.10. The topological polar surface area (TPSA) is 42.1 Å². The summed E-state index contributed by atoms with van der Waals surface area (Å²) < 4.78 is 0. The van der Waals surface area contributed by atoms with Crippen LogP contribution in [0, 0.1) is 0 Å². The van der Waals surface area contributed by atoms with Gasteiger partial charge in [0.2, 0.25) is 0 Å². The van der Waals surface area contributed by atoms with E-state index in [-0.39, 0.29) is 0 Å². The van der Waals surface area contributed by atoms with E-state index in [1.54, 1.807) is 12.4 Å². The summed E-state index contributed by atoms with van der Waals surface area (Å²) in [7, 11) is 1.97. The van der Waals surface area contributed by atoms with Crippen molar-refractivity contribution in [1.29, 1.82) is 0 Å². The van der Waals surface area contributed by atoms with Crippen molar-refractivity contribution in [2.75, 3.05) is 11.9 Å². The summed E-state index contributed by atoms with van der Waals surface area (Å²) in [6, 6.07) is 9.97. The van der Waals surface area contributed by atoms with Crippen LogP contribution >= 0.6 is 11.6 Å². The van der Waals surface area contributed by atoms with Crippen molar-refractivity contribution in [3.05, 3.63) is 53.3 Å². The Hall–Kier alpha value is -1.58. The number of nitrogens with zero attached hydrogens (tertiary/aromatic N) is 2. The van der Waals surface area contributed by atoms with Gasteiger partial charge < -0.3 is 10.6 Å². The molecule has 2 N–H and O–H groups in total. The summed E-state index contributed by atoms with van der Waals surface area (Å²) in [5.41, 5.74) is 8.68. The predicted octanol–water partition coefficient (Wildman–Crippen LogP) is 2.96. The number of benzene rings is 1. The molecule has 0 bridgehead atoms. The highest BCUT2D eigenvalue weighted by Crippen LogP contribution is 2.29. The highest BCUT2D eigenvalue weighted by molar-refractivity contribution is 6.33. The third-order valence-corrected chi connectivity index (χ3v) is 2.96. The molecule has 0 aliphatic rings. The van der Waals surface area contributed by atoms with Gasteiger partial charge >= 0.3 is 0 Å². The van der Waals surface area contributed by atoms with Crippen LogP contribution in [0.5, 0.6) is 0 Å². The predicted molar refractivity (Wildman–Crippen MR) is 71.6 cm³/mol. The van der Waals surface area contributed by atoms with Gasteiger partial charge in [-0.3, -0.25) is 4.98 Å². The van der Waals surface area contributed by atoms with E-state index in [0.717, 1.165) is 16.9 Å². The van der Waals surface area contributed by atoms with Crippen molar-refractivity contribution in [2.45, 2.75) is 6.54 Å². The molecule has 0 aliphatic carbocycles. The van der Waals surface area contributed by atoms with Crippen LogP contribution in [-0.2, 0) is 6.54 Å². The van der Waals surface area contributed by atoms with Crippen LogP contribution in [-0.4, -0.2) is 12.0 Å². The van der Waals surface area contributed by atoms with Crippen molar-refractivity contribution in [3.8, 4) is 0 Å². The highest BCUT2D eigenvalue weighted by atomic mass is 35.5. The minimum absolute atomic E-state index is 0.556. The van der Waals surface area contributed by atoms with Gasteiger partial charge in [0.05, 0.1) is 10.7 Å². The lowest BCUT2D eigenvalue weighted by Gasteiger charge is -2.20. The zero-order valence-corrected chi connectivity index (χ0v) is 10.4. The highest BCUT2D eigenvalue weighted by Gasteiger charge is 2.07. The summed E-state index contributed by atoms with van der Waals surface area (Å²) in [6.45, 7) is 0.556. The van der Waals surface area contributed by atoms with Gasteiger partial charge in [0, 0.05) is 31.7 Å². The van der Waals surface area contributed by atoms with E-state index in [9.17, 15) is 0 Å². The van der Waals surface area contributed by atoms with Crippen molar-refractivity contribution in [3.63, 3.8) is 0 Å². The van der Waals surface area contributed by atoms with E-state index in [1.807, 2.05) is 42.3 Å². The van der Waals surface area contributed by atoms with Crippen molar-refractivity contribution in [2.24, 2.45) is 5.73 Å². The average Bonchev–Trinajstić information content (AvgIpc) is 2.39. The molecule has 0 unspecified atom stereocenters. The Bertz CT molecular complexity index is 496. The quantitative estimate of drug-likeness (QED) is 0.907. The van der Waals surface area contributed by atoms with Gasteiger partial charge in [0.1, 0.15) is 0 Å². The molecule has 0 atom stereocenters. The minimum Gasteiger partial charge on any atom is -0.343 e. The monoisotopic (exact) mass is 247 g/mol. The molecule has 1 heterocycles. The molecular weight excluding hydrogens is 234 g/mol. The number of nitrogens with two attached hydrogens (primary N) is 1. The van der Waals surface area contributed by atoms with E-state index in [4.69, 9.17) is 17.3 Å². The number of pyridine rings is 1. The Morgan fingerprint density at radius 3 is 2.53 bits per heavy atom. The Kier molecular flexibility index (Phi) is 3.61. The van der Waals surface area contributed by atoms with E-state index in [2.05, 4.69) is 4.98 Å². The molecule has 0 amide bonds. The van der Waals surface area contributed by atoms with Crippen LogP contribution in [0.4, 0.5) is 11.4 Å². The van der Waals surface area contributed by atoms with Crippen molar-refractivity contribution in [1.82, 2.24) is 4.98 Å². The molecule has 0 fully saturated rings. The SMILES string of the molecule is CN(c1ccc(CN)cc1)c1ccncc1Cl. The van der Waals surface area contributed by atoms with E-state index >= 15 is 0 Å². The molecule has 2 rings (SSSR count). The van der Waals surface area contributed by atoms with Gasteiger partial charge in [-0.15, -0.1) is 0 Å². The average molecular weight is 248 g/mol. The summed E-state index contributed by atoms with van der Waals surface area (Å²) in [5.74, 6) is 0. The number of anilines is 2. The molecule has 0 saturated heterocycles. The van der Waals surface area contributed by atoms with Gasteiger partial charge in [-0.25, -0.2) is 0 Å². The zero-order chi connectivity index (χ0) is 12.3. The Morgan fingerprint density at radius 1 is 1.24 bits per heavy atom. The summed E-state index contributed by atoms with van der Waals surface area (Å²) >= 11 is 6.10. The fourth-order valence-corrected chi connectivity index (χ4v) is 1.88. The first-order valence-electron chi connectivity index (χ1n) is 5.34. The molecule has 0 aliphatic heterocycles. The number of aromatic nitrogens is 1. The largest absolute Gasteiger partial charge is 0.343 e. The number of hydrogen-bond donors (Lipinski definition) is 1. The van der Waals surface area contributed by atoms with Crippen LogP contribution in [0.25, 0.3) is 0 Å². The van der Waals surface area contributed by atoms with Gasteiger partial charge in [0.15, 0.2) is 0 Å².